The van der Waals surface area contributed by atoms with E-state index in [2.05, 4.69) is 10.1 Å². The molecule has 1 aromatic carbocycles. The molecule has 0 amide bonds. The summed E-state index contributed by atoms with van der Waals surface area (Å²) in [6.45, 7) is 6.05. The van der Waals surface area contributed by atoms with E-state index >= 15 is 0 Å². The Kier molecular flexibility index (Phi) is 2.83. The predicted octanol–water partition coefficient (Wildman–Crippen LogP) is 3.27. The van der Waals surface area contributed by atoms with Gasteiger partial charge in [-0.1, -0.05) is 37.5 Å². The average Bonchev–Trinajstić information content (AvgIpc) is 2.70. The summed E-state index contributed by atoms with van der Waals surface area (Å²) in [6.07, 6.45) is 0. The van der Waals surface area contributed by atoms with Crippen molar-refractivity contribution < 1.29 is 4.52 Å². The van der Waals surface area contributed by atoms with E-state index in [1.807, 2.05) is 20.8 Å². The zero-order valence-electron chi connectivity index (χ0n) is 9.99. The van der Waals surface area contributed by atoms with Gasteiger partial charge in [-0.2, -0.15) is 4.98 Å². The highest BCUT2D eigenvalue weighted by Gasteiger charge is 2.22. The van der Waals surface area contributed by atoms with Crippen LogP contribution in [0.4, 0.5) is 5.69 Å². The first-order chi connectivity index (χ1) is 7.88. The zero-order valence-corrected chi connectivity index (χ0v) is 10.7. The normalized spacial score (nSPS) is 11.8. The van der Waals surface area contributed by atoms with Gasteiger partial charge in [0.05, 0.1) is 10.6 Å². The molecule has 2 N–H and O–H groups in total. The molecule has 0 aliphatic rings. The average molecular weight is 252 g/mol. The first kappa shape index (κ1) is 11.9. The quantitative estimate of drug-likeness (QED) is 0.790. The topological polar surface area (TPSA) is 64.9 Å². The van der Waals surface area contributed by atoms with Crippen molar-refractivity contribution in [1.29, 1.82) is 0 Å². The highest BCUT2D eigenvalue weighted by molar-refractivity contribution is 6.33. The Morgan fingerprint density at radius 1 is 1.29 bits per heavy atom. The number of nitrogen functional groups attached to an aromatic ring is 1. The molecule has 2 rings (SSSR count). The van der Waals surface area contributed by atoms with Gasteiger partial charge in [0, 0.05) is 11.1 Å². The number of nitrogens with zero attached hydrogens (tertiary/aromatic N) is 2. The number of halogens is 1. The van der Waals surface area contributed by atoms with E-state index in [9.17, 15) is 0 Å². The summed E-state index contributed by atoms with van der Waals surface area (Å²) in [5.74, 6) is 1.04. The van der Waals surface area contributed by atoms with Gasteiger partial charge in [0.2, 0.25) is 0 Å². The van der Waals surface area contributed by atoms with Crippen LogP contribution in [0, 0.1) is 0 Å². The van der Waals surface area contributed by atoms with E-state index in [4.69, 9.17) is 21.9 Å². The van der Waals surface area contributed by atoms with E-state index in [0.29, 0.717) is 28.0 Å². The highest BCUT2D eigenvalue weighted by Crippen LogP contribution is 2.30. The number of hydrogen-bond donors (Lipinski definition) is 1. The fourth-order valence-corrected chi connectivity index (χ4v) is 1.54. The summed E-state index contributed by atoms with van der Waals surface area (Å²) >= 11 is 6.07. The lowest BCUT2D eigenvalue weighted by Crippen LogP contribution is -2.13. The number of aromatic nitrogens is 2. The van der Waals surface area contributed by atoms with Gasteiger partial charge in [0.15, 0.2) is 5.82 Å². The van der Waals surface area contributed by atoms with Crippen molar-refractivity contribution in [3.8, 4) is 11.5 Å². The first-order valence-corrected chi connectivity index (χ1v) is 5.65. The number of benzene rings is 1. The van der Waals surface area contributed by atoms with Gasteiger partial charge in [-0.3, -0.25) is 0 Å². The number of nitrogens with two attached hydrogens (primary N) is 1. The number of hydrogen-bond acceptors (Lipinski definition) is 4. The van der Waals surface area contributed by atoms with Gasteiger partial charge in [-0.25, -0.2) is 0 Å². The lowest BCUT2D eigenvalue weighted by atomic mass is 9.96. The molecule has 1 heterocycles. The molecule has 17 heavy (non-hydrogen) atoms. The lowest BCUT2D eigenvalue weighted by molar-refractivity contribution is 0.402. The predicted molar refractivity (Wildman–Crippen MR) is 67.9 cm³/mol. The molecule has 4 nitrogen and oxygen atoms in total. The van der Waals surface area contributed by atoms with Crippen molar-refractivity contribution in [3.63, 3.8) is 0 Å². The SMILES string of the molecule is CC(C)(C)c1noc(-c2cc(N)ccc2Cl)n1. The Labute approximate surface area is 105 Å². The van der Waals surface area contributed by atoms with Crippen LogP contribution in [0.25, 0.3) is 11.5 Å². The molecule has 0 unspecified atom stereocenters. The molecule has 0 spiro atoms. The molecule has 0 saturated heterocycles. The molecule has 90 valence electrons. The van der Waals surface area contributed by atoms with Crippen molar-refractivity contribution in [1.82, 2.24) is 10.1 Å². The van der Waals surface area contributed by atoms with Crippen molar-refractivity contribution in [3.05, 3.63) is 29.0 Å². The van der Waals surface area contributed by atoms with Crippen molar-refractivity contribution in [2.45, 2.75) is 26.2 Å². The van der Waals surface area contributed by atoms with Crippen LogP contribution in [0.5, 0.6) is 0 Å². The first-order valence-electron chi connectivity index (χ1n) is 5.27. The smallest absolute Gasteiger partial charge is 0.259 e. The Morgan fingerprint density at radius 2 is 2.00 bits per heavy atom. The standard InChI is InChI=1S/C12H14ClN3O/c1-12(2,3)11-15-10(17-16-11)8-6-7(14)4-5-9(8)13/h4-6H,14H2,1-3H3. The molecule has 1 aromatic heterocycles. The van der Waals surface area contributed by atoms with Gasteiger partial charge in [-0.15, -0.1) is 0 Å². The molecule has 5 heteroatoms. The molecule has 0 atom stereocenters. The van der Waals surface area contributed by atoms with Crippen molar-refractivity contribution in [2.75, 3.05) is 5.73 Å². The summed E-state index contributed by atoms with van der Waals surface area (Å²) in [5, 5.41) is 4.49. The Bertz CT molecular complexity index is 543. The monoisotopic (exact) mass is 251 g/mol. The molecule has 0 aliphatic carbocycles. The van der Waals surface area contributed by atoms with Crippen LogP contribution in [0.15, 0.2) is 22.7 Å². The van der Waals surface area contributed by atoms with Crippen LogP contribution in [-0.4, -0.2) is 10.1 Å². The Morgan fingerprint density at radius 3 is 2.59 bits per heavy atom. The Hall–Kier alpha value is -1.55. The third kappa shape index (κ3) is 2.42. The third-order valence-electron chi connectivity index (χ3n) is 2.32. The molecular formula is C12H14ClN3O. The zero-order chi connectivity index (χ0) is 12.6. The molecule has 0 fully saturated rings. The second-order valence-corrected chi connectivity index (χ2v) is 5.32. The molecule has 0 saturated carbocycles. The van der Waals surface area contributed by atoms with Crippen molar-refractivity contribution in [2.24, 2.45) is 0 Å². The lowest BCUT2D eigenvalue weighted by Gasteiger charge is -2.10. The largest absolute Gasteiger partial charge is 0.399 e. The maximum absolute atomic E-state index is 6.07. The van der Waals surface area contributed by atoms with Crippen LogP contribution in [0.1, 0.15) is 26.6 Å². The van der Waals surface area contributed by atoms with E-state index < -0.39 is 0 Å². The molecular weight excluding hydrogens is 238 g/mol. The van der Waals surface area contributed by atoms with Crippen LogP contribution < -0.4 is 5.73 Å². The highest BCUT2D eigenvalue weighted by atomic mass is 35.5. The number of anilines is 1. The molecule has 0 bridgehead atoms. The summed E-state index contributed by atoms with van der Waals surface area (Å²) in [7, 11) is 0. The molecule has 0 aliphatic heterocycles. The summed E-state index contributed by atoms with van der Waals surface area (Å²) in [6, 6.07) is 5.17. The minimum atomic E-state index is -0.158. The van der Waals surface area contributed by atoms with Gasteiger partial charge in [0.1, 0.15) is 0 Å². The third-order valence-corrected chi connectivity index (χ3v) is 2.65. The summed E-state index contributed by atoms with van der Waals surface area (Å²) in [5.41, 5.74) is 6.82. The number of rotatable bonds is 1. The van der Waals surface area contributed by atoms with Gasteiger partial charge >= 0.3 is 0 Å². The van der Waals surface area contributed by atoms with Gasteiger partial charge < -0.3 is 10.3 Å². The second kappa shape index (κ2) is 4.04. The van der Waals surface area contributed by atoms with E-state index in [0.717, 1.165) is 0 Å². The molecule has 2 aromatic rings. The van der Waals surface area contributed by atoms with E-state index in [1.165, 1.54) is 0 Å². The van der Waals surface area contributed by atoms with Gasteiger partial charge in [-0.05, 0) is 18.2 Å². The minimum Gasteiger partial charge on any atom is -0.399 e. The van der Waals surface area contributed by atoms with Crippen LogP contribution in [-0.2, 0) is 5.41 Å². The maximum Gasteiger partial charge on any atom is 0.259 e. The summed E-state index contributed by atoms with van der Waals surface area (Å²) in [4.78, 5) is 4.34. The van der Waals surface area contributed by atoms with E-state index in [1.54, 1.807) is 18.2 Å². The second-order valence-electron chi connectivity index (χ2n) is 4.91. The fourth-order valence-electron chi connectivity index (χ4n) is 1.34. The minimum absolute atomic E-state index is 0.158. The van der Waals surface area contributed by atoms with Crippen molar-refractivity contribution >= 4 is 17.3 Å². The molecule has 0 radical (unpaired) electrons. The van der Waals surface area contributed by atoms with E-state index in [-0.39, 0.29) is 5.41 Å². The summed E-state index contributed by atoms with van der Waals surface area (Å²) < 4.78 is 5.21. The van der Waals surface area contributed by atoms with Gasteiger partial charge in [0.25, 0.3) is 5.89 Å². The maximum atomic E-state index is 6.07. The van der Waals surface area contributed by atoms with Crippen LogP contribution in [0.3, 0.4) is 0 Å². The van der Waals surface area contributed by atoms with Crippen LogP contribution in [0.2, 0.25) is 5.02 Å². The fraction of sp³-hybridized carbons (Fsp3) is 0.333. The van der Waals surface area contributed by atoms with Crippen LogP contribution >= 0.6 is 11.6 Å². The Balaban J connectivity index is 2.47.